The number of hydrogen-bond donors (Lipinski definition) is 0. The molecule has 0 aliphatic heterocycles. The van der Waals surface area contributed by atoms with Crippen molar-refractivity contribution in [3.8, 4) is 0 Å². The third-order valence-corrected chi connectivity index (χ3v) is 7.16. The summed E-state index contributed by atoms with van der Waals surface area (Å²) in [4.78, 5) is 0. The van der Waals surface area contributed by atoms with Gasteiger partial charge in [-0.2, -0.15) is 47.9 Å². The van der Waals surface area contributed by atoms with E-state index in [1.165, 1.54) is 24.3 Å². The monoisotopic (exact) mass is 452 g/mol. The van der Waals surface area contributed by atoms with Gasteiger partial charge in [-0.25, -0.2) is 3.63 Å². The van der Waals surface area contributed by atoms with Gasteiger partial charge in [0.15, 0.2) is 0 Å². The molecule has 0 fully saturated rings. The van der Waals surface area contributed by atoms with E-state index < -0.39 is 43.7 Å². The Kier molecular flexibility index (Phi) is 6.22. The van der Waals surface area contributed by atoms with Crippen LogP contribution in [0.5, 0.6) is 0 Å². The van der Waals surface area contributed by atoms with Crippen molar-refractivity contribution in [1.82, 2.24) is 0 Å². The molecule has 3 nitrogen and oxygen atoms in total. The van der Waals surface area contributed by atoms with E-state index in [4.69, 9.17) is 0 Å². The van der Waals surface area contributed by atoms with Crippen LogP contribution in [0.4, 0.5) is 39.5 Å². The zero-order valence-electron chi connectivity index (χ0n) is 13.5. The highest BCUT2D eigenvalue weighted by molar-refractivity contribution is 8.31. The minimum Gasteiger partial charge on any atom is -0.215 e. The summed E-state index contributed by atoms with van der Waals surface area (Å²) in [5, 5.41) is -6.85. The molecule has 0 spiro atoms. The summed E-state index contributed by atoms with van der Waals surface area (Å²) in [6.07, 6.45) is -5.25. The summed E-state index contributed by atoms with van der Waals surface area (Å²) in [7, 11) is -10.0. The number of hydrogen-bond acceptors (Lipinski definition) is 3. The molecule has 0 unspecified atom stereocenters. The average Bonchev–Trinajstić information content (AvgIpc) is 2.44. The van der Waals surface area contributed by atoms with Crippen LogP contribution in [0, 0.1) is 0 Å². The zero-order chi connectivity index (χ0) is 21.5. The quantitative estimate of drug-likeness (QED) is 0.551. The predicted molar refractivity (Wildman–Crippen MR) is 80.5 cm³/mol. The van der Waals surface area contributed by atoms with Gasteiger partial charge in [0.05, 0.1) is 0 Å². The Bertz CT molecular complexity index is 759. The Morgan fingerprint density at radius 3 is 1.67 bits per heavy atom. The van der Waals surface area contributed by atoms with Crippen molar-refractivity contribution < 1.29 is 51.6 Å². The number of halogens is 9. The normalized spacial score (nSPS) is 15.7. The topological polar surface area (TPSA) is 43.4 Å². The van der Waals surface area contributed by atoms with Crippen molar-refractivity contribution >= 4 is 20.4 Å². The van der Waals surface area contributed by atoms with E-state index >= 15 is 0 Å². The molecule has 158 valence electrons. The second-order valence-electron chi connectivity index (χ2n) is 5.75. The molecule has 0 amide bonds. The highest BCUT2D eigenvalue weighted by atomic mass is 32.3. The van der Waals surface area contributed by atoms with Gasteiger partial charge in [0, 0.05) is 5.75 Å². The molecule has 0 atom stereocenters. The minimum absolute atomic E-state index is 0.336. The van der Waals surface area contributed by atoms with Crippen molar-refractivity contribution in [3.63, 3.8) is 0 Å². The lowest BCUT2D eigenvalue weighted by molar-refractivity contribution is -0.382. The van der Waals surface area contributed by atoms with Gasteiger partial charge in [-0.15, -0.1) is 10.3 Å². The summed E-state index contributed by atoms with van der Waals surface area (Å²) in [5.41, 5.74) is 0.336. The third-order valence-electron chi connectivity index (χ3n) is 3.06. The first kappa shape index (κ1) is 23.9. The maximum Gasteiger partial charge on any atom is 0.460 e. The van der Waals surface area contributed by atoms with Gasteiger partial charge in [0.1, 0.15) is 0 Å². The number of rotatable bonds is 7. The molecular formula is C13H13F9O3S2. The second kappa shape index (κ2) is 7.03. The fourth-order valence-electron chi connectivity index (χ4n) is 1.80. The highest BCUT2D eigenvalue weighted by Gasteiger charge is 2.86. The van der Waals surface area contributed by atoms with E-state index in [-0.39, 0.29) is 5.75 Å². The molecule has 0 bridgehead atoms. The van der Waals surface area contributed by atoms with Crippen LogP contribution in [0.3, 0.4) is 0 Å². The standard InChI is InChI=1S/C13H13F9O3S2/c1-26(2,8-9-6-4-3-5-7-9)25-27(23,24)13(21,22)11(16,17)10(14,15)12(18,19)20/h3-7H,8H2,1-2H3. The van der Waals surface area contributed by atoms with Gasteiger partial charge in [-0.3, -0.25) is 0 Å². The van der Waals surface area contributed by atoms with Crippen LogP contribution in [-0.4, -0.2) is 44.2 Å². The Morgan fingerprint density at radius 2 is 1.26 bits per heavy atom. The van der Waals surface area contributed by atoms with Crippen LogP contribution >= 0.6 is 10.3 Å². The minimum atomic E-state index is -7.32. The van der Waals surface area contributed by atoms with Crippen molar-refractivity contribution in [3.05, 3.63) is 35.9 Å². The van der Waals surface area contributed by atoms with Crippen molar-refractivity contribution in [2.75, 3.05) is 12.5 Å². The molecule has 14 heteroatoms. The van der Waals surface area contributed by atoms with Crippen LogP contribution in [0.15, 0.2) is 30.3 Å². The summed E-state index contributed by atoms with van der Waals surface area (Å²) in [6.45, 7) is 0. The van der Waals surface area contributed by atoms with Crippen molar-refractivity contribution in [2.24, 2.45) is 0 Å². The zero-order valence-corrected chi connectivity index (χ0v) is 15.2. The first-order valence-corrected chi connectivity index (χ1v) is 10.6. The largest absolute Gasteiger partial charge is 0.460 e. The molecule has 0 heterocycles. The van der Waals surface area contributed by atoms with E-state index in [2.05, 4.69) is 3.63 Å². The molecule has 0 aliphatic rings. The number of alkyl halides is 9. The van der Waals surface area contributed by atoms with Crippen LogP contribution in [-0.2, 0) is 19.5 Å². The summed E-state index contributed by atoms with van der Waals surface area (Å²) in [6, 6.07) is 7.33. The van der Waals surface area contributed by atoms with E-state index in [9.17, 15) is 47.9 Å². The van der Waals surface area contributed by atoms with Gasteiger partial charge >= 0.3 is 33.4 Å². The molecule has 0 aromatic heterocycles. The Balaban J connectivity index is 3.24. The van der Waals surface area contributed by atoms with Gasteiger partial charge in [-0.1, -0.05) is 30.3 Å². The van der Waals surface area contributed by atoms with E-state index in [1.807, 2.05) is 0 Å². The van der Waals surface area contributed by atoms with Crippen molar-refractivity contribution in [1.29, 1.82) is 0 Å². The maximum absolute atomic E-state index is 13.6. The molecule has 0 N–H and O–H groups in total. The summed E-state index contributed by atoms with van der Waals surface area (Å²) < 4.78 is 143. The van der Waals surface area contributed by atoms with Crippen LogP contribution in [0.1, 0.15) is 5.56 Å². The molecule has 0 saturated carbocycles. The maximum atomic E-state index is 13.6. The molecular weight excluding hydrogens is 439 g/mol. The fraction of sp³-hybridized carbons (Fsp3) is 0.538. The lowest BCUT2D eigenvalue weighted by atomic mass is 10.1. The molecule has 1 aromatic rings. The second-order valence-corrected chi connectivity index (χ2v) is 10.9. The highest BCUT2D eigenvalue weighted by Crippen LogP contribution is 2.57. The van der Waals surface area contributed by atoms with Gasteiger partial charge in [0.25, 0.3) is 0 Å². The molecule has 27 heavy (non-hydrogen) atoms. The molecule has 1 aromatic carbocycles. The first-order valence-electron chi connectivity index (χ1n) is 6.69. The molecule has 0 aliphatic carbocycles. The lowest BCUT2D eigenvalue weighted by Crippen LogP contribution is -2.63. The molecule has 0 saturated heterocycles. The average molecular weight is 452 g/mol. The lowest BCUT2D eigenvalue weighted by Gasteiger charge is -2.36. The van der Waals surface area contributed by atoms with Gasteiger partial charge < -0.3 is 0 Å². The van der Waals surface area contributed by atoms with E-state index in [0.717, 1.165) is 12.5 Å². The Morgan fingerprint density at radius 1 is 0.815 bits per heavy atom. The van der Waals surface area contributed by atoms with Crippen LogP contribution in [0.2, 0.25) is 0 Å². The fourth-order valence-corrected chi connectivity index (χ4v) is 5.71. The summed E-state index contributed by atoms with van der Waals surface area (Å²) >= 11 is 0. The van der Waals surface area contributed by atoms with E-state index in [1.54, 1.807) is 6.07 Å². The first-order chi connectivity index (χ1) is 11.8. The third kappa shape index (κ3) is 4.47. The van der Waals surface area contributed by atoms with Gasteiger partial charge in [0.2, 0.25) is 0 Å². The molecule has 1 rings (SSSR count). The SMILES string of the molecule is CS(C)(Cc1ccccc1)OS(=O)(=O)C(F)(F)C(F)(F)C(F)(F)C(F)(F)F. The van der Waals surface area contributed by atoms with Crippen LogP contribution < -0.4 is 0 Å². The summed E-state index contributed by atoms with van der Waals surface area (Å²) in [5.74, 6) is -15.0. The van der Waals surface area contributed by atoms with Crippen LogP contribution in [0.25, 0.3) is 0 Å². The Hall–Kier alpha value is -1.15. The molecule has 0 radical (unpaired) electrons. The smallest absolute Gasteiger partial charge is 0.215 e. The Labute approximate surface area is 150 Å². The number of benzene rings is 1. The van der Waals surface area contributed by atoms with E-state index in [0.29, 0.717) is 5.56 Å². The van der Waals surface area contributed by atoms with Crippen molar-refractivity contribution in [2.45, 2.75) is 29.0 Å². The van der Waals surface area contributed by atoms with Gasteiger partial charge in [-0.05, 0) is 18.1 Å². The predicted octanol–water partition coefficient (Wildman–Crippen LogP) is 4.94.